The number of carbonyl (C=O) groups is 2. The molecule has 1 aromatic carbocycles. The number of nitrogens with two attached hydrogens (primary N) is 1. The zero-order valence-electron chi connectivity index (χ0n) is 25.3. The molecule has 15 heteroatoms. The van der Waals surface area contributed by atoms with E-state index in [-0.39, 0.29) is 22.8 Å². The Hall–Kier alpha value is -5.47. The maximum Gasteiger partial charge on any atom is 0.483 e. The third-order valence-electron chi connectivity index (χ3n) is 9.17. The van der Waals surface area contributed by atoms with E-state index in [9.17, 15) is 18.4 Å². The van der Waals surface area contributed by atoms with Gasteiger partial charge >= 0.3 is 12.0 Å². The molecule has 3 aliphatic rings. The van der Waals surface area contributed by atoms with Crippen molar-refractivity contribution in [2.24, 2.45) is 11.7 Å². The summed E-state index contributed by atoms with van der Waals surface area (Å²) in [5.41, 5.74) is 7.52. The van der Waals surface area contributed by atoms with Gasteiger partial charge in [0.25, 0.3) is 5.91 Å². The number of fused-ring (bicyclic) bond motifs is 2. The van der Waals surface area contributed by atoms with Gasteiger partial charge in [0.1, 0.15) is 11.4 Å². The van der Waals surface area contributed by atoms with Crippen LogP contribution in [0.15, 0.2) is 55.1 Å². The van der Waals surface area contributed by atoms with Crippen molar-refractivity contribution < 1.29 is 31.9 Å². The van der Waals surface area contributed by atoms with Gasteiger partial charge in [-0.25, -0.2) is 28.4 Å². The van der Waals surface area contributed by atoms with Gasteiger partial charge < -0.3 is 10.5 Å². The fraction of sp³-hybridized carbons (Fsp3) is 0.303. The number of hydrogen-bond acceptors (Lipinski definition) is 8. The number of benzene rings is 1. The predicted molar refractivity (Wildman–Crippen MR) is 162 cm³/mol. The van der Waals surface area contributed by atoms with Crippen molar-refractivity contribution in [2.45, 2.75) is 56.7 Å². The number of nitrogens with zero attached hydrogens (tertiary/aromatic N) is 7. The van der Waals surface area contributed by atoms with E-state index in [0.29, 0.717) is 58.7 Å². The highest BCUT2D eigenvalue weighted by atomic mass is 19.3. The molecule has 48 heavy (non-hydrogen) atoms. The molecule has 4 aromatic heterocycles. The molecule has 2 amide bonds. The molecular weight excluding hydrogens is 632 g/mol. The van der Waals surface area contributed by atoms with Crippen molar-refractivity contribution in [2.75, 3.05) is 4.90 Å². The van der Waals surface area contributed by atoms with E-state index >= 15 is 8.78 Å². The summed E-state index contributed by atoms with van der Waals surface area (Å²) in [5, 5.41) is 5.10. The molecule has 2 saturated carbocycles. The second-order valence-corrected chi connectivity index (χ2v) is 12.4. The number of rotatable bonds is 8. The minimum absolute atomic E-state index is 0.00533. The van der Waals surface area contributed by atoms with E-state index in [0.717, 1.165) is 36.3 Å². The number of pyridine rings is 2. The largest absolute Gasteiger partial charge is 0.483 e. The van der Waals surface area contributed by atoms with Crippen LogP contribution in [0.3, 0.4) is 0 Å². The van der Waals surface area contributed by atoms with Crippen LogP contribution < -0.4 is 15.4 Å². The molecule has 11 nitrogen and oxygen atoms in total. The van der Waals surface area contributed by atoms with Crippen LogP contribution >= 0.6 is 0 Å². The Balaban J connectivity index is 1.31. The average Bonchev–Trinajstić information content (AvgIpc) is 3.99. The maximum absolute atomic E-state index is 15.2. The number of ether oxygens (including phenoxy) is 1. The van der Waals surface area contributed by atoms with E-state index in [1.165, 1.54) is 31.3 Å². The van der Waals surface area contributed by atoms with E-state index in [1.54, 1.807) is 16.8 Å². The van der Waals surface area contributed by atoms with Gasteiger partial charge in [-0.1, -0.05) is 6.07 Å². The molecule has 0 saturated heterocycles. The first-order valence-corrected chi connectivity index (χ1v) is 15.3. The monoisotopic (exact) mass is 658 g/mol. The van der Waals surface area contributed by atoms with Crippen molar-refractivity contribution in [3.05, 3.63) is 89.5 Å². The summed E-state index contributed by atoms with van der Waals surface area (Å²) in [4.78, 5) is 43.9. The van der Waals surface area contributed by atoms with Gasteiger partial charge in [-0.2, -0.15) is 13.9 Å². The molecule has 2 fully saturated rings. The molecule has 0 unspecified atom stereocenters. The summed E-state index contributed by atoms with van der Waals surface area (Å²) >= 11 is 0. The maximum atomic E-state index is 15.2. The first-order chi connectivity index (χ1) is 23.0. The fourth-order valence-corrected chi connectivity index (χ4v) is 6.48. The molecule has 0 radical (unpaired) electrons. The molecule has 5 heterocycles. The van der Waals surface area contributed by atoms with Crippen molar-refractivity contribution in [3.8, 4) is 16.9 Å². The Bertz CT molecular complexity index is 2130. The van der Waals surface area contributed by atoms with Crippen LogP contribution in [-0.2, 0) is 16.8 Å². The molecular formula is C33H26F4N8O3. The van der Waals surface area contributed by atoms with Gasteiger partial charge in [-0.15, -0.1) is 0 Å². The van der Waals surface area contributed by atoms with Crippen LogP contribution in [0.2, 0.25) is 0 Å². The van der Waals surface area contributed by atoms with Crippen molar-refractivity contribution in [1.82, 2.24) is 29.7 Å². The molecule has 2 N–H and O–H groups in total. The number of aromatic nitrogens is 6. The Morgan fingerprint density at radius 1 is 1.04 bits per heavy atom. The molecule has 0 bridgehead atoms. The zero-order chi connectivity index (χ0) is 33.5. The normalized spacial score (nSPS) is 18.4. The third kappa shape index (κ3) is 4.75. The fourth-order valence-electron chi connectivity index (χ4n) is 6.48. The number of carbonyl (C=O) groups excluding carboxylic acids is 2. The van der Waals surface area contributed by atoms with E-state index in [2.05, 4.69) is 20.1 Å². The number of hydrogen-bond donors (Lipinski definition) is 1. The molecule has 0 spiro atoms. The first kappa shape index (κ1) is 29.9. The highest BCUT2D eigenvalue weighted by Gasteiger charge is 2.53. The summed E-state index contributed by atoms with van der Waals surface area (Å²) in [6.45, 7) is 1.43. The SMILES string of the molecule is C[C@@H](c1ncc(F)cn1)N1C(=O)C(F)(F)Oc2cc(-c3c(C(N)=O)c(CC4CC4)nc4c3cnn4C3(c4ccc(F)cn4)CC3)ccc21. The lowest BCUT2D eigenvalue weighted by Gasteiger charge is -2.36. The number of halogens is 4. The van der Waals surface area contributed by atoms with Gasteiger partial charge in [-0.05, 0) is 74.8 Å². The quantitative estimate of drug-likeness (QED) is 0.224. The molecule has 8 rings (SSSR count). The van der Waals surface area contributed by atoms with Crippen LogP contribution in [0.4, 0.5) is 23.2 Å². The Morgan fingerprint density at radius 2 is 1.77 bits per heavy atom. The first-order valence-electron chi connectivity index (χ1n) is 15.3. The Labute approximate surface area is 269 Å². The summed E-state index contributed by atoms with van der Waals surface area (Å²) in [5.74, 6) is -3.72. The second-order valence-electron chi connectivity index (χ2n) is 12.4. The minimum atomic E-state index is -4.26. The van der Waals surface area contributed by atoms with E-state index in [1.807, 2.05) is 0 Å². The number of amides is 2. The second kappa shape index (κ2) is 10.5. The highest BCUT2D eigenvalue weighted by Crippen LogP contribution is 2.51. The van der Waals surface area contributed by atoms with Crippen LogP contribution in [0.1, 0.15) is 66.2 Å². The van der Waals surface area contributed by atoms with Gasteiger partial charge in [0, 0.05) is 10.9 Å². The van der Waals surface area contributed by atoms with Gasteiger partial charge in [0.2, 0.25) is 0 Å². The van der Waals surface area contributed by atoms with Crippen molar-refractivity contribution >= 4 is 28.5 Å². The predicted octanol–water partition coefficient (Wildman–Crippen LogP) is 5.23. The lowest BCUT2D eigenvalue weighted by molar-refractivity contribution is -0.193. The topological polar surface area (TPSA) is 142 Å². The van der Waals surface area contributed by atoms with Gasteiger partial charge in [-0.3, -0.25) is 19.5 Å². The average molecular weight is 659 g/mol. The molecule has 2 aliphatic carbocycles. The minimum Gasteiger partial charge on any atom is -0.423 e. The summed E-state index contributed by atoms with van der Waals surface area (Å²) in [6, 6.07) is 6.12. The molecule has 1 aliphatic heterocycles. The van der Waals surface area contributed by atoms with Gasteiger partial charge in [0.15, 0.2) is 23.0 Å². The molecule has 1 atom stereocenters. The summed E-state index contributed by atoms with van der Waals surface area (Å²) in [6.07, 6.45) is 3.87. The lowest BCUT2D eigenvalue weighted by Crippen LogP contribution is -2.51. The standard InChI is InChI=1S/C33H26F4N8O3/c1-16(29-40-13-20(35)14-41-29)44-23-6-4-18(11-24(23)48-33(36,37)31(44)47)26-21-15-42-45(32(8-9-32)25-7-5-19(34)12-39-25)30(21)43-22(10-17-2-3-17)27(26)28(38)46/h4-7,11-17H,2-3,8-10H2,1H3,(H2,38,46)/t16-/m0/s1. The molecule has 5 aromatic rings. The number of alkyl halides is 2. The van der Waals surface area contributed by atoms with Crippen LogP contribution in [-0.4, -0.2) is 47.6 Å². The number of anilines is 1. The molecule has 244 valence electrons. The lowest BCUT2D eigenvalue weighted by atomic mass is 9.93. The summed E-state index contributed by atoms with van der Waals surface area (Å²) < 4.78 is 64.3. The Morgan fingerprint density at radius 3 is 2.42 bits per heavy atom. The Kier molecular flexibility index (Phi) is 6.55. The van der Waals surface area contributed by atoms with Crippen molar-refractivity contribution in [3.63, 3.8) is 0 Å². The van der Waals surface area contributed by atoms with Crippen LogP contribution in [0, 0.1) is 17.6 Å². The zero-order valence-corrected chi connectivity index (χ0v) is 25.3. The van der Waals surface area contributed by atoms with E-state index < -0.39 is 41.1 Å². The van der Waals surface area contributed by atoms with Crippen LogP contribution in [0.5, 0.6) is 5.75 Å². The van der Waals surface area contributed by atoms with Crippen LogP contribution in [0.25, 0.3) is 22.2 Å². The van der Waals surface area contributed by atoms with Gasteiger partial charge in [0.05, 0.1) is 53.5 Å². The highest BCUT2D eigenvalue weighted by molar-refractivity contribution is 6.09. The third-order valence-corrected chi connectivity index (χ3v) is 9.17. The summed E-state index contributed by atoms with van der Waals surface area (Å²) in [7, 11) is 0. The number of primary amides is 1. The van der Waals surface area contributed by atoms with Crippen molar-refractivity contribution in [1.29, 1.82) is 0 Å². The smallest absolute Gasteiger partial charge is 0.423 e. The van der Waals surface area contributed by atoms with E-state index in [4.69, 9.17) is 15.5 Å².